The molecular weight excluding hydrogens is 529 g/mol. The molecule has 10 nitrogen and oxygen atoms in total. The van der Waals surface area contributed by atoms with Crippen molar-refractivity contribution in [1.29, 1.82) is 5.26 Å². The highest BCUT2D eigenvalue weighted by Crippen LogP contribution is 2.40. The van der Waals surface area contributed by atoms with E-state index in [0.29, 0.717) is 51.1 Å². The van der Waals surface area contributed by atoms with Gasteiger partial charge in [-0.3, -0.25) is 4.79 Å². The number of nitriles is 1. The summed E-state index contributed by atoms with van der Waals surface area (Å²) in [6.45, 7) is 3.06. The molecule has 1 aliphatic heterocycles. The molecule has 3 aliphatic rings. The molecule has 2 atom stereocenters. The van der Waals surface area contributed by atoms with E-state index in [1.54, 1.807) is 9.80 Å². The first-order chi connectivity index (χ1) is 17.7. The van der Waals surface area contributed by atoms with Crippen molar-refractivity contribution < 1.29 is 41.0 Å². The Labute approximate surface area is 219 Å². The molecule has 0 spiro atoms. The average molecular weight is 561 g/mol. The Morgan fingerprint density at radius 1 is 1.18 bits per heavy atom. The quantitative estimate of drug-likeness (QED) is 0.560. The smallest absolute Gasteiger partial charge is 0.417 e. The number of piperazine rings is 1. The van der Waals surface area contributed by atoms with E-state index >= 15 is 0 Å². The van der Waals surface area contributed by atoms with Crippen LogP contribution < -0.4 is 10.2 Å². The maximum absolute atomic E-state index is 13.8. The minimum atomic E-state index is -4.79. The zero-order valence-corrected chi connectivity index (χ0v) is 21.9. The molecule has 1 heterocycles. The van der Waals surface area contributed by atoms with Gasteiger partial charge in [0.05, 0.1) is 27.9 Å². The first-order valence-corrected chi connectivity index (χ1v) is 13.7. The summed E-state index contributed by atoms with van der Waals surface area (Å²) in [5, 5.41) is 17.7. The van der Waals surface area contributed by atoms with Gasteiger partial charge < -0.3 is 25.0 Å². The van der Waals surface area contributed by atoms with Crippen LogP contribution in [-0.4, -0.2) is 80.6 Å². The molecule has 0 aromatic heterocycles. The van der Waals surface area contributed by atoms with Gasteiger partial charge in [0.25, 0.3) is 0 Å². The van der Waals surface area contributed by atoms with Gasteiger partial charge in [0.2, 0.25) is 5.91 Å². The van der Waals surface area contributed by atoms with Crippen molar-refractivity contribution in [3.63, 3.8) is 0 Å². The summed E-state index contributed by atoms with van der Waals surface area (Å²) in [6, 6.07) is 5.31. The summed E-state index contributed by atoms with van der Waals surface area (Å²) in [7, 11) is -2.66. The number of sulfone groups is 1. The number of carbonyl (C=O) groups excluding carboxylic acids is 1. The molecule has 1 aromatic carbocycles. The van der Waals surface area contributed by atoms with Crippen molar-refractivity contribution in [3.8, 4) is 6.07 Å². The Bertz CT molecular complexity index is 1190. The van der Waals surface area contributed by atoms with Gasteiger partial charge in [-0.05, 0) is 50.3 Å². The lowest BCUT2D eigenvalue weighted by molar-refractivity contribution is -0.139. The third-order valence-corrected chi connectivity index (χ3v) is 9.36. The second kappa shape index (κ2) is 11.4. The maximum Gasteiger partial charge on any atom is 0.417 e. The standard InChI is InChI=1S/C19H25F3N2O4S.C5H6N2O2/c1-13(25)23-7-9-24(10-8-23)14-3-6-18(17(11-14)19(20,21)22)29(26,27)16-5-4-15(12-16)28-2;6-3-5(1-2-5)7-4(8)9/h3,6,11,15-16H,4-5,7-10,12H2,1-2H3;7H,1-2H2,(H,8,9)/t15-,16-;/m1./s1. The number of carbonyl (C=O) groups is 2. The summed E-state index contributed by atoms with van der Waals surface area (Å²) < 4.78 is 72.4. The highest BCUT2D eigenvalue weighted by Gasteiger charge is 2.45. The van der Waals surface area contributed by atoms with E-state index in [0.717, 1.165) is 12.1 Å². The molecule has 4 rings (SSSR count). The molecule has 0 unspecified atom stereocenters. The van der Waals surface area contributed by atoms with Crippen LogP contribution in [0.4, 0.5) is 23.7 Å². The number of nitrogens with zero attached hydrogens (tertiary/aromatic N) is 3. The number of hydrogen-bond donors (Lipinski definition) is 2. The predicted molar refractivity (Wildman–Crippen MR) is 130 cm³/mol. The third kappa shape index (κ3) is 6.87. The second-order valence-corrected chi connectivity index (χ2v) is 11.8. The van der Waals surface area contributed by atoms with E-state index in [1.165, 1.54) is 20.1 Å². The molecule has 210 valence electrons. The highest BCUT2D eigenvalue weighted by atomic mass is 32.2. The number of carboxylic acid groups (broad SMARTS) is 1. The molecule has 0 radical (unpaired) electrons. The summed E-state index contributed by atoms with van der Waals surface area (Å²) >= 11 is 0. The fraction of sp³-hybridized carbons (Fsp3) is 0.625. The van der Waals surface area contributed by atoms with Crippen LogP contribution in [0.3, 0.4) is 0 Å². The molecule has 1 aromatic rings. The Kier molecular flexibility index (Phi) is 8.82. The Morgan fingerprint density at radius 2 is 1.82 bits per heavy atom. The third-order valence-electron chi connectivity index (χ3n) is 7.08. The molecule has 14 heteroatoms. The molecule has 1 saturated heterocycles. The van der Waals surface area contributed by atoms with Gasteiger partial charge in [-0.1, -0.05) is 0 Å². The molecule has 38 heavy (non-hydrogen) atoms. The molecule has 2 aliphatic carbocycles. The SMILES string of the molecule is CO[C@@H]1CC[C@@H](S(=O)(=O)c2ccc(N3CCN(C(C)=O)CC3)cc2C(F)(F)F)C1.N#CC1(NC(=O)O)CC1. The monoisotopic (exact) mass is 560 g/mol. The van der Waals surface area contributed by atoms with Crippen molar-refractivity contribution in [2.45, 2.75) is 67.0 Å². The minimum Gasteiger partial charge on any atom is -0.465 e. The number of nitrogens with one attached hydrogen (secondary N) is 1. The minimum absolute atomic E-state index is 0.0759. The van der Waals surface area contributed by atoms with Gasteiger partial charge >= 0.3 is 12.3 Å². The molecule has 2 N–H and O–H groups in total. The zero-order valence-electron chi connectivity index (χ0n) is 21.1. The number of anilines is 1. The van der Waals surface area contributed by atoms with Crippen molar-refractivity contribution >= 4 is 27.5 Å². The molecule has 2 saturated carbocycles. The highest BCUT2D eigenvalue weighted by molar-refractivity contribution is 7.92. The van der Waals surface area contributed by atoms with Crippen molar-refractivity contribution in [1.82, 2.24) is 10.2 Å². The molecule has 3 fully saturated rings. The van der Waals surface area contributed by atoms with Crippen molar-refractivity contribution in [3.05, 3.63) is 23.8 Å². The van der Waals surface area contributed by atoms with E-state index < -0.39 is 43.4 Å². The van der Waals surface area contributed by atoms with Gasteiger partial charge in [0.1, 0.15) is 5.54 Å². The van der Waals surface area contributed by atoms with Crippen LogP contribution >= 0.6 is 0 Å². The van der Waals surface area contributed by atoms with Crippen LogP contribution in [0.2, 0.25) is 0 Å². The largest absolute Gasteiger partial charge is 0.465 e. The van der Waals surface area contributed by atoms with E-state index in [2.05, 4.69) is 5.32 Å². The number of amides is 2. The number of ether oxygens (including phenoxy) is 1. The summed E-state index contributed by atoms with van der Waals surface area (Å²) in [6.07, 6.45) is -3.86. The van der Waals surface area contributed by atoms with Crippen LogP contribution in [0.15, 0.2) is 23.1 Å². The lowest BCUT2D eigenvalue weighted by Gasteiger charge is -2.36. The van der Waals surface area contributed by atoms with E-state index in [4.69, 9.17) is 15.1 Å². The fourth-order valence-corrected chi connectivity index (χ4v) is 6.65. The first-order valence-electron chi connectivity index (χ1n) is 12.1. The summed E-state index contributed by atoms with van der Waals surface area (Å²) in [5.74, 6) is -0.0759. The van der Waals surface area contributed by atoms with Crippen LogP contribution in [-0.2, 0) is 25.5 Å². The topological polar surface area (TPSA) is 140 Å². The lowest BCUT2D eigenvalue weighted by atomic mass is 10.1. The fourth-order valence-electron chi connectivity index (χ4n) is 4.63. The lowest BCUT2D eigenvalue weighted by Crippen LogP contribution is -2.48. The number of rotatable bonds is 5. The number of halogens is 3. The number of hydrogen-bond acceptors (Lipinski definition) is 7. The normalized spacial score (nSPS) is 22.6. The van der Waals surface area contributed by atoms with Crippen LogP contribution in [0.1, 0.15) is 44.6 Å². The number of alkyl halides is 3. The molecule has 2 amide bonds. The van der Waals surface area contributed by atoms with E-state index in [9.17, 15) is 31.2 Å². The van der Waals surface area contributed by atoms with Gasteiger partial charge in [0.15, 0.2) is 9.84 Å². The number of benzene rings is 1. The maximum atomic E-state index is 13.8. The molecular formula is C24H31F3N4O6S. The van der Waals surface area contributed by atoms with Crippen LogP contribution in [0.25, 0.3) is 0 Å². The summed E-state index contributed by atoms with van der Waals surface area (Å²) in [4.78, 5) is 24.1. The Balaban J connectivity index is 0.000000375. The number of methoxy groups -OCH3 is 1. The van der Waals surface area contributed by atoms with Crippen LogP contribution in [0.5, 0.6) is 0 Å². The predicted octanol–water partition coefficient (Wildman–Crippen LogP) is 3.03. The second-order valence-electron chi connectivity index (χ2n) is 9.63. The Hall–Kier alpha value is -3.05. The Morgan fingerprint density at radius 3 is 2.24 bits per heavy atom. The van der Waals surface area contributed by atoms with E-state index in [-0.39, 0.29) is 24.9 Å². The van der Waals surface area contributed by atoms with Crippen LogP contribution in [0, 0.1) is 11.3 Å². The van der Waals surface area contributed by atoms with Gasteiger partial charge in [-0.25, -0.2) is 13.2 Å². The van der Waals surface area contributed by atoms with Gasteiger partial charge in [-0.15, -0.1) is 0 Å². The van der Waals surface area contributed by atoms with Gasteiger partial charge in [0, 0.05) is 45.9 Å². The van der Waals surface area contributed by atoms with Crippen molar-refractivity contribution in [2.75, 3.05) is 38.2 Å². The first kappa shape index (κ1) is 29.5. The van der Waals surface area contributed by atoms with Gasteiger partial charge in [-0.2, -0.15) is 18.4 Å². The molecule has 0 bridgehead atoms. The zero-order chi connectivity index (χ0) is 28.3. The average Bonchev–Trinajstić information content (AvgIpc) is 3.45. The summed E-state index contributed by atoms with van der Waals surface area (Å²) in [5.41, 5.74) is -1.56. The van der Waals surface area contributed by atoms with E-state index in [1.807, 2.05) is 6.07 Å². The van der Waals surface area contributed by atoms with Crippen molar-refractivity contribution in [2.24, 2.45) is 0 Å².